The van der Waals surface area contributed by atoms with Gasteiger partial charge in [0, 0.05) is 7.05 Å². The lowest BCUT2D eigenvalue weighted by atomic mass is 10.2. The van der Waals surface area contributed by atoms with E-state index in [2.05, 4.69) is 29.5 Å². The monoisotopic (exact) mass is 164 g/mol. The predicted molar refractivity (Wildman–Crippen MR) is 51.9 cm³/mol. The highest BCUT2D eigenvalue weighted by molar-refractivity contribution is 5.48. The molecule has 0 unspecified atom stereocenters. The fraction of sp³-hybridized carbons (Fsp3) is 0.500. The third kappa shape index (κ3) is 1.76. The van der Waals surface area contributed by atoms with Crippen molar-refractivity contribution in [2.24, 2.45) is 7.05 Å². The minimum absolute atomic E-state index is 1.06. The molecule has 0 spiro atoms. The van der Waals surface area contributed by atoms with Crippen LogP contribution in [-0.2, 0) is 7.05 Å². The van der Waals surface area contributed by atoms with Crippen molar-refractivity contribution in [1.82, 2.24) is 9.55 Å². The van der Waals surface area contributed by atoms with Crippen molar-refractivity contribution in [1.29, 1.82) is 0 Å². The fourth-order valence-electron chi connectivity index (χ4n) is 1.01. The number of nitrogens with zero attached hydrogens (tertiary/aromatic N) is 2. The molecule has 0 radical (unpaired) electrons. The van der Waals surface area contributed by atoms with Crippen LogP contribution in [0.2, 0.25) is 0 Å². The Hall–Kier alpha value is -1.05. The second-order valence-corrected chi connectivity index (χ2v) is 3.13. The summed E-state index contributed by atoms with van der Waals surface area (Å²) >= 11 is 0. The fourth-order valence-corrected chi connectivity index (χ4v) is 1.01. The summed E-state index contributed by atoms with van der Waals surface area (Å²) in [5.74, 6) is 1.06. The molecule has 0 saturated heterocycles. The molecule has 0 atom stereocenters. The van der Waals surface area contributed by atoms with Crippen molar-refractivity contribution in [2.75, 3.05) is 0 Å². The van der Waals surface area contributed by atoms with Gasteiger partial charge in [0.05, 0.1) is 11.9 Å². The third-order valence-electron chi connectivity index (χ3n) is 2.21. The predicted octanol–water partition coefficient (Wildman–Crippen LogP) is 2.54. The van der Waals surface area contributed by atoms with E-state index in [-0.39, 0.29) is 0 Å². The molecule has 66 valence electrons. The van der Waals surface area contributed by atoms with Crippen molar-refractivity contribution < 1.29 is 0 Å². The van der Waals surface area contributed by atoms with Crippen LogP contribution >= 0.6 is 0 Å². The van der Waals surface area contributed by atoms with Gasteiger partial charge in [0.15, 0.2) is 0 Å². The van der Waals surface area contributed by atoms with Gasteiger partial charge in [0.2, 0.25) is 0 Å². The van der Waals surface area contributed by atoms with Crippen LogP contribution in [0, 0.1) is 6.92 Å². The van der Waals surface area contributed by atoms with Crippen LogP contribution < -0.4 is 0 Å². The molecule has 0 fully saturated rings. The number of allylic oxidation sites excluding steroid dienone is 1. The summed E-state index contributed by atoms with van der Waals surface area (Å²) in [4.78, 5) is 4.22. The first-order chi connectivity index (χ1) is 5.65. The molecule has 1 aromatic heterocycles. The van der Waals surface area contributed by atoms with E-state index in [9.17, 15) is 0 Å². The van der Waals surface area contributed by atoms with Crippen molar-refractivity contribution in [3.8, 4) is 0 Å². The number of aryl methyl sites for hydroxylation is 1. The van der Waals surface area contributed by atoms with Crippen molar-refractivity contribution >= 4 is 6.08 Å². The first-order valence-corrected chi connectivity index (χ1v) is 4.30. The summed E-state index contributed by atoms with van der Waals surface area (Å²) in [5, 5.41) is 0. The molecule has 0 N–H and O–H groups in total. The maximum Gasteiger partial charge on any atom is 0.105 e. The Morgan fingerprint density at radius 3 is 2.75 bits per heavy atom. The van der Waals surface area contributed by atoms with Crippen molar-refractivity contribution in [2.45, 2.75) is 27.2 Å². The first kappa shape index (κ1) is 9.04. The van der Waals surface area contributed by atoms with Crippen molar-refractivity contribution in [3.05, 3.63) is 23.3 Å². The van der Waals surface area contributed by atoms with Gasteiger partial charge in [-0.05, 0) is 26.3 Å². The summed E-state index contributed by atoms with van der Waals surface area (Å²) in [6.45, 7) is 6.32. The quantitative estimate of drug-likeness (QED) is 0.656. The van der Waals surface area contributed by atoms with E-state index in [1.165, 1.54) is 11.3 Å². The van der Waals surface area contributed by atoms with Crippen LogP contribution in [0.15, 0.2) is 11.8 Å². The van der Waals surface area contributed by atoms with E-state index in [1.807, 2.05) is 20.2 Å². The van der Waals surface area contributed by atoms with Crippen LogP contribution in [0.25, 0.3) is 6.08 Å². The summed E-state index contributed by atoms with van der Waals surface area (Å²) < 4.78 is 2.10. The highest BCUT2D eigenvalue weighted by atomic mass is 15.0. The molecule has 0 saturated carbocycles. The van der Waals surface area contributed by atoms with E-state index >= 15 is 0 Å². The van der Waals surface area contributed by atoms with Gasteiger partial charge in [-0.3, -0.25) is 0 Å². The molecule has 0 aliphatic carbocycles. The van der Waals surface area contributed by atoms with Crippen LogP contribution in [-0.4, -0.2) is 9.55 Å². The Morgan fingerprint density at radius 2 is 2.33 bits per heavy atom. The Morgan fingerprint density at radius 1 is 1.67 bits per heavy atom. The molecule has 0 aliphatic rings. The van der Waals surface area contributed by atoms with Gasteiger partial charge in [0.25, 0.3) is 0 Å². The van der Waals surface area contributed by atoms with E-state index in [4.69, 9.17) is 0 Å². The van der Waals surface area contributed by atoms with Gasteiger partial charge in [-0.25, -0.2) is 4.98 Å². The third-order valence-corrected chi connectivity index (χ3v) is 2.21. The summed E-state index contributed by atoms with van der Waals surface area (Å²) in [7, 11) is 2.04. The number of hydrogen-bond donors (Lipinski definition) is 0. The standard InChI is InChI=1S/C10H16N2/c1-5-8(2)6-10-7-11-9(3)12(10)4/h6-7H,5H2,1-4H3/b8-6-. The lowest BCUT2D eigenvalue weighted by Crippen LogP contribution is -1.93. The summed E-state index contributed by atoms with van der Waals surface area (Å²) in [5.41, 5.74) is 2.57. The van der Waals surface area contributed by atoms with Gasteiger partial charge in [0.1, 0.15) is 5.82 Å². The minimum atomic E-state index is 1.06. The van der Waals surface area contributed by atoms with Gasteiger partial charge in [-0.1, -0.05) is 12.5 Å². The lowest BCUT2D eigenvalue weighted by molar-refractivity contribution is 0.848. The number of hydrogen-bond acceptors (Lipinski definition) is 1. The van der Waals surface area contributed by atoms with E-state index in [0.717, 1.165) is 12.2 Å². The topological polar surface area (TPSA) is 17.8 Å². The molecule has 2 nitrogen and oxygen atoms in total. The molecule has 0 aromatic carbocycles. The normalized spacial score (nSPS) is 12.2. The Labute approximate surface area is 73.9 Å². The maximum atomic E-state index is 4.22. The average Bonchev–Trinajstić information content (AvgIpc) is 2.36. The van der Waals surface area contributed by atoms with Gasteiger partial charge in [-0.2, -0.15) is 0 Å². The van der Waals surface area contributed by atoms with Crippen LogP contribution in [0.4, 0.5) is 0 Å². The molecule has 1 aromatic rings. The first-order valence-electron chi connectivity index (χ1n) is 4.30. The maximum absolute atomic E-state index is 4.22. The zero-order valence-electron chi connectivity index (χ0n) is 8.26. The highest BCUT2D eigenvalue weighted by Gasteiger charge is 1.98. The Balaban J connectivity index is 2.97. The molecule has 1 rings (SSSR count). The molecule has 0 aliphatic heterocycles. The van der Waals surface area contributed by atoms with Gasteiger partial charge >= 0.3 is 0 Å². The summed E-state index contributed by atoms with van der Waals surface area (Å²) in [6, 6.07) is 0. The zero-order chi connectivity index (χ0) is 9.14. The van der Waals surface area contributed by atoms with E-state index in [1.54, 1.807) is 0 Å². The number of rotatable bonds is 2. The number of imidazole rings is 1. The summed E-state index contributed by atoms with van der Waals surface area (Å²) in [6.07, 6.45) is 5.19. The molecule has 0 bridgehead atoms. The SMILES string of the molecule is CC/C(C)=C\c1cnc(C)n1C. The van der Waals surface area contributed by atoms with E-state index < -0.39 is 0 Å². The Kier molecular flexibility index (Phi) is 2.69. The second kappa shape index (κ2) is 3.57. The zero-order valence-corrected chi connectivity index (χ0v) is 8.26. The van der Waals surface area contributed by atoms with Crippen LogP contribution in [0.1, 0.15) is 31.8 Å². The Bertz CT molecular complexity index is 295. The second-order valence-electron chi connectivity index (χ2n) is 3.13. The van der Waals surface area contributed by atoms with Crippen LogP contribution in [0.3, 0.4) is 0 Å². The molecular weight excluding hydrogens is 148 g/mol. The van der Waals surface area contributed by atoms with Crippen molar-refractivity contribution in [3.63, 3.8) is 0 Å². The van der Waals surface area contributed by atoms with Gasteiger partial charge in [-0.15, -0.1) is 0 Å². The molecule has 0 amide bonds. The molecule has 12 heavy (non-hydrogen) atoms. The lowest BCUT2D eigenvalue weighted by Gasteiger charge is -1.99. The highest BCUT2D eigenvalue weighted by Crippen LogP contribution is 2.09. The molecule has 2 heteroatoms. The average molecular weight is 164 g/mol. The van der Waals surface area contributed by atoms with Gasteiger partial charge < -0.3 is 4.57 Å². The number of aromatic nitrogens is 2. The van der Waals surface area contributed by atoms with E-state index in [0.29, 0.717) is 0 Å². The molecule has 1 heterocycles. The largest absolute Gasteiger partial charge is 0.332 e. The van der Waals surface area contributed by atoms with Crippen LogP contribution in [0.5, 0.6) is 0 Å². The molecular formula is C10H16N2. The minimum Gasteiger partial charge on any atom is -0.332 e. The smallest absolute Gasteiger partial charge is 0.105 e.